The average molecular weight is 274 g/mol. The highest BCUT2D eigenvalue weighted by molar-refractivity contribution is 6.09. The van der Waals surface area contributed by atoms with E-state index in [1.807, 2.05) is 0 Å². The molecule has 0 unspecified atom stereocenters. The molecule has 0 spiro atoms. The Morgan fingerprint density at radius 2 is 2.15 bits per heavy atom. The van der Waals surface area contributed by atoms with Crippen LogP contribution in [0.5, 0.6) is 0 Å². The van der Waals surface area contributed by atoms with Crippen LogP contribution in [0, 0.1) is 0 Å². The number of fused-ring (bicyclic) bond motifs is 1. The minimum atomic E-state index is -1.04. The molecule has 0 aliphatic carbocycles. The fraction of sp³-hybridized carbons (Fsp3) is 0.167. The number of imide groups is 1. The molecule has 8 heteroatoms. The Kier molecular flexibility index (Phi) is 2.63. The molecule has 0 atom stereocenters. The molecule has 0 radical (unpaired) electrons. The van der Waals surface area contributed by atoms with Crippen LogP contribution in [0.25, 0.3) is 10.9 Å². The summed E-state index contributed by atoms with van der Waals surface area (Å²) in [6, 6.07) is 3.94. The van der Waals surface area contributed by atoms with Gasteiger partial charge in [0.05, 0.1) is 11.1 Å². The zero-order valence-electron chi connectivity index (χ0n) is 10.2. The molecule has 3 N–H and O–H groups in total. The van der Waals surface area contributed by atoms with Gasteiger partial charge in [0.2, 0.25) is 5.91 Å². The number of anilines is 1. The third-order valence-electron chi connectivity index (χ3n) is 3.10. The number of amides is 3. The number of aromatic carboxylic acids is 1. The molecule has 0 bridgehead atoms. The van der Waals surface area contributed by atoms with E-state index in [-0.39, 0.29) is 24.4 Å². The highest BCUT2D eigenvalue weighted by atomic mass is 16.4. The van der Waals surface area contributed by atoms with Crippen LogP contribution in [0.3, 0.4) is 0 Å². The number of aromatic amines is 1. The lowest BCUT2D eigenvalue weighted by Crippen LogP contribution is -2.49. The first-order valence-corrected chi connectivity index (χ1v) is 5.89. The van der Waals surface area contributed by atoms with Gasteiger partial charge in [-0.05, 0) is 18.2 Å². The van der Waals surface area contributed by atoms with Gasteiger partial charge in [-0.3, -0.25) is 20.1 Å². The Morgan fingerprint density at radius 3 is 2.85 bits per heavy atom. The molecule has 1 aliphatic rings. The predicted molar refractivity (Wildman–Crippen MR) is 68.6 cm³/mol. The van der Waals surface area contributed by atoms with E-state index in [4.69, 9.17) is 5.11 Å². The van der Waals surface area contributed by atoms with Gasteiger partial charge in [0.15, 0.2) is 5.82 Å². The topological polar surface area (TPSA) is 115 Å². The van der Waals surface area contributed by atoms with Crippen molar-refractivity contribution in [2.45, 2.75) is 6.42 Å². The molecular weight excluding hydrogens is 264 g/mol. The Balaban J connectivity index is 2.02. The fourth-order valence-electron chi connectivity index (χ4n) is 2.11. The molecule has 2 heterocycles. The van der Waals surface area contributed by atoms with Gasteiger partial charge in [-0.25, -0.2) is 9.59 Å². The van der Waals surface area contributed by atoms with Crippen molar-refractivity contribution in [3.8, 4) is 0 Å². The number of hydrogen-bond acceptors (Lipinski definition) is 4. The van der Waals surface area contributed by atoms with E-state index in [0.29, 0.717) is 16.7 Å². The number of carbonyl (C=O) groups excluding carboxylic acids is 2. The number of aromatic nitrogens is 2. The molecule has 8 nitrogen and oxygen atoms in total. The van der Waals surface area contributed by atoms with Crippen molar-refractivity contribution in [3.63, 3.8) is 0 Å². The van der Waals surface area contributed by atoms with Crippen LogP contribution >= 0.6 is 0 Å². The van der Waals surface area contributed by atoms with Gasteiger partial charge in [0, 0.05) is 18.4 Å². The van der Waals surface area contributed by atoms with Crippen LogP contribution in [0.1, 0.15) is 16.8 Å². The Bertz CT molecular complexity index is 736. The molecule has 3 amide bonds. The average Bonchev–Trinajstić information content (AvgIpc) is 2.81. The van der Waals surface area contributed by atoms with Crippen molar-refractivity contribution in [2.75, 3.05) is 11.4 Å². The number of urea groups is 1. The summed E-state index contributed by atoms with van der Waals surface area (Å²) >= 11 is 0. The second kappa shape index (κ2) is 4.34. The maximum absolute atomic E-state index is 11.8. The first-order valence-electron chi connectivity index (χ1n) is 5.89. The lowest BCUT2D eigenvalue weighted by molar-refractivity contribution is -0.120. The second-order valence-corrected chi connectivity index (χ2v) is 4.37. The van der Waals surface area contributed by atoms with Gasteiger partial charge in [-0.15, -0.1) is 0 Å². The zero-order chi connectivity index (χ0) is 14.3. The van der Waals surface area contributed by atoms with Crippen LogP contribution in [0.15, 0.2) is 18.2 Å². The number of carboxylic acid groups (broad SMARTS) is 1. The minimum Gasteiger partial charge on any atom is -0.478 e. The number of benzene rings is 1. The molecule has 1 saturated heterocycles. The number of hydrogen-bond donors (Lipinski definition) is 3. The molecule has 2 aromatic rings. The molecule has 1 aromatic carbocycles. The number of carboxylic acids is 1. The normalized spacial score (nSPS) is 15.5. The van der Waals surface area contributed by atoms with E-state index >= 15 is 0 Å². The van der Waals surface area contributed by atoms with Gasteiger partial charge in [-0.1, -0.05) is 0 Å². The summed E-state index contributed by atoms with van der Waals surface area (Å²) in [5.74, 6) is -0.981. The lowest BCUT2D eigenvalue weighted by Gasteiger charge is -2.24. The van der Waals surface area contributed by atoms with Gasteiger partial charge in [0.1, 0.15) is 0 Å². The number of H-pyrrole nitrogens is 1. The van der Waals surface area contributed by atoms with Crippen LogP contribution in [0.4, 0.5) is 10.6 Å². The Morgan fingerprint density at radius 1 is 1.35 bits per heavy atom. The van der Waals surface area contributed by atoms with E-state index in [2.05, 4.69) is 15.5 Å². The van der Waals surface area contributed by atoms with Crippen LogP contribution in [-0.2, 0) is 4.79 Å². The van der Waals surface area contributed by atoms with E-state index in [0.717, 1.165) is 0 Å². The van der Waals surface area contributed by atoms with Gasteiger partial charge >= 0.3 is 12.0 Å². The molecule has 102 valence electrons. The van der Waals surface area contributed by atoms with Crippen molar-refractivity contribution < 1.29 is 19.5 Å². The summed E-state index contributed by atoms with van der Waals surface area (Å²) in [6.45, 7) is 0.241. The lowest BCUT2D eigenvalue weighted by atomic mass is 10.1. The second-order valence-electron chi connectivity index (χ2n) is 4.37. The quantitative estimate of drug-likeness (QED) is 0.745. The number of carbonyl (C=O) groups is 3. The number of nitrogens with zero attached hydrogens (tertiary/aromatic N) is 2. The summed E-state index contributed by atoms with van der Waals surface area (Å²) in [7, 11) is 0. The van der Waals surface area contributed by atoms with Crippen LogP contribution in [-0.4, -0.2) is 39.8 Å². The standard InChI is InChI=1S/C12H10N4O4/c17-9-3-4-16(12(20)13-9)10-7-2-1-6(11(18)19)5-8(7)14-15-10/h1-2,5H,3-4H2,(H,14,15)(H,18,19)(H,13,17,20). The molecule has 1 fully saturated rings. The predicted octanol–water partition coefficient (Wildman–Crippen LogP) is 0.707. The molecule has 20 heavy (non-hydrogen) atoms. The monoisotopic (exact) mass is 274 g/mol. The third kappa shape index (κ3) is 1.87. The van der Waals surface area contributed by atoms with Gasteiger partial charge in [-0.2, -0.15) is 5.10 Å². The highest BCUT2D eigenvalue weighted by Gasteiger charge is 2.27. The minimum absolute atomic E-state index is 0.131. The molecular formula is C12H10N4O4. The smallest absolute Gasteiger partial charge is 0.335 e. The van der Waals surface area contributed by atoms with Crippen LogP contribution < -0.4 is 10.2 Å². The van der Waals surface area contributed by atoms with E-state index in [1.54, 1.807) is 6.07 Å². The summed E-state index contributed by atoms with van der Waals surface area (Å²) in [6.07, 6.45) is 0.202. The highest BCUT2D eigenvalue weighted by Crippen LogP contribution is 2.26. The maximum Gasteiger partial charge on any atom is 0.335 e. The first kappa shape index (κ1) is 12.2. The molecule has 1 aliphatic heterocycles. The fourth-order valence-corrected chi connectivity index (χ4v) is 2.11. The molecule has 1 aromatic heterocycles. The zero-order valence-corrected chi connectivity index (χ0v) is 10.2. The number of nitrogens with one attached hydrogen (secondary N) is 2. The Hall–Kier alpha value is -2.90. The molecule has 0 saturated carbocycles. The van der Waals surface area contributed by atoms with Crippen molar-refractivity contribution in [1.29, 1.82) is 0 Å². The van der Waals surface area contributed by atoms with Crippen molar-refractivity contribution in [2.24, 2.45) is 0 Å². The van der Waals surface area contributed by atoms with E-state index < -0.39 is 12.0 Å². The Labute approximate surface area is 112 Å². The SMILES string of the molecule is O=C1CCN(c2n[nH]c3cc(C(=O)O)ccc23)C(=O)N1. The third-order valence-corrected chi connectivity index (χ3v) is 3.10. The molecule has 3 rings (SSSR count). The van der Waals surface area contributed by atoms with Crippen molar-refractivity contribution in [3.05, 3.63) is 23.8 Å². The van der Waals surface area contributed by atoms with Crippen molar-refractivity contribution >= 4 is 34.6 Å². The summed E-state index contributed by atoms with van der Waals surface area (Å²) in [5, 5.41) is 18.5. The van der Waals surface area contributed by atoms with Gasteiger partial charge < -0.3 is 5.11 Å². The van der Waals surface area contributed by atoms with E-state index in [1.165, 1.54) is 17.0 Å². The largest absolute Gasteiger partial charge is 0.478 e. The first-order chi connectivity index (χ1) is 9.56. The van der Waals surface area contributed by atoms with Crippen molar-refractivity contribution in [1.82, 2.24) is 15.5 Å². The van der Waals surface area contributed by atoms with E-state index in [9.17, 15) is 14.4 Å². The summed E-state index contributed by atoms with van der Waals surface area (Å²) in [4.78, 5) is 35.1. The summed E-state index contributed by atoms with van der Waals surface area (Å²) < 4.78 is 0. The van der Waals surface area contributed by atoms with Crippen LogP contribution in [0.2, 0.25) is 0 Å². The van der Waals surface area contributed by atoms with Gasteiger partial charge in [0.25, 0.3) is 0 Å². The number of rotatable bonds is 2. The summed E-state index contributed by atoms with van der Waals surface area (Å²) in [5.41, 5.74) is 0.649. The maximum atomic E-state index is 11.8.